The van der Waals surface area contributed by atoms with E-state index in [1.165, 1.54) is 12.1 Å². The van der Waals surface area contributed by atoms with E-state index in [-0.39, 0.29) is 0 Å². The average molecular weight is 301 g/mol. The first-order valence-corrected chi connectivity index (χ1v) is 6.88. The lowest BCUT2D eigenvalue weighted by Gasteiger charge is -2.11. The van der Waals surface area contributed by atoms with Crippen molar-refractivity contribution in [3.8, 4) is 0 Å². The van der Waals surface area contributed by atoms with E-state index in [1.54, 1.807) is 0 Å². The molecule has 1 atom stereocenters. The first-order chi connectivity index (χ1) is 9.95. The summed E-state index contributed by atoms with van der Waals surface area (Å²) in [6.07, 6.45) is -2.36. The lowest BCUT2D eigenvalue weighted by molar-refractivity contribution is -0.137. The number of alkyl halides is 3. The molecule has 1 aromatic carbocycles. The van der Waals surface area contributed by atoms with Gasteiger partial charge < -0.3 is 16.0 Å². The fourth-order valence-electron chi connectivity index (χ4n) is 2.27. The zero-order chi connectivity index (χ0) is 15.3. The van der Waals surface area contributed by atoms with Gasteiger partial charge in [0.25, 0.3) is 0 Å². The summed E-state index contributed by atoms with van der Waals surface area (Å²) in [6.45, 7) is 2.55. The molecule has 1 aliphatic rings. The third-order valence-electron chi connectivity index (χ3n) is 3.47. The van der Waals surface area contributed by atoms with E-state index in [0.717, 1.165) is 38.1 Å². The lowest BCUT2D eigenvalue weighted by Crippen LogP contribution is -2.30. The Labute approximate surface area is 121 Å². The van der Waals surface area contributed by atoms with Crippen molar-refractivity contribution in [1.29, 1.82) is 0 Å². The van der Waals surface area contributed by atoms with Gasteiger partial charge in [-0.3, -0.25) is 0 Å². The van der Waals surface area contributed by atoms with E-state index in [1.807, 2.05) is 0 Å². The molecule has 7 heteroatoms. The summed E-state index contributed by atoms with van der Waals surface area (Å²) in [6, 6.07) is 3.97. The van der Waals surface area contributed by atoms with Crippen LogP contribution in [0, 0.1) is 5.92 Å². The molecule has 21 heavy (non-hydrogen) atoms. The molecule has 0 saturated carbocycles. The highest BCUT2D eigenvalue weighted by atomic mass is 19.4. The van der Waals surface area contributed by atoms with Crippen LogP contribution in [-0.4, -0.2) is 25.7 Å². The Balaban J connectivity index is 1.74. The van der Waals surface area contributed by atoms with Crippen molar-refractivity contribution in [3.05, 3.63) is 29.8 Å². The maximum atomic E-state index is 12.4. The van der Waals surface area contributed by atoms with Crippen molar-refractivity contribution in [2.75, 3.05) is 25.0 Å². The zero-order valence-corrected chi connectivity index (χ0v) is 11.5. The van der Waals surface area contributed by atoms with Crippen molar-refractivity contribution in [2.24, 2.45) is 5.92 Å². The summed E-state index contributed by atoms with van der Waals surface area (Å²) in [5, 5.41) is 8.46. The number of urea groups is 1. The van der Waals surface area contributed by atoms with Crippen LogP contribution in [0.3, 0.4) is 0 Å². The molecule has 0 spiro atoms. The number of carbonyl (C=O) groups excluding carboxylic acids is 1. The smallest absolute Gasteiger partial charge is 0.338 e. The van der Waals surface area contributed by atoms with Crippen molar-refractivity contribution in [3.63, 3.8) is 0 Å². The third-order valence-corrected chi connectivity index (χ3v) is 3.47. The molecule has 1 unspecified atom stereocenters. The van der Waals surface area contributed by atoms with Crippen LogP contribution in [0.2, 0.25) is 0 Å². The summed E-state index contributed by atoms with van der Waals surface area (Å²) < 4.78 is 37.2. The van der Waals surface area contributed by atoms with Gasteiger partial charge in [0, 0.05) is 12.2 Å². The molecule has 1 aromatic rings. The Hall–Kier alpha value is -1.76. The molecular formula is C14H18F3N3O. The molecule has 0 aromatic heterocycles. The molecule has 1 fully saturated rings. The number of halogens is 3. The molecule has 0 radical (unpaired) electrons. The molecule has 0 aliphatic carbocycles. The fraction of sp³-hybridized carbons (Fsp3) is 0.500. The number of rotatable bonds is 4. The predicted octanol–water partition coefficient (Wildman–Crippen LogP) is 2.83. The van der Waals surface area contributed by atoms with Crippen LogP contribution < -0.4 is 16.0 Å². The SMILES string of the molecule is O=C(NCCC1CCNC1)Nc1ccc(C(F)(F)F)cc1. The molecule has 1 heterocycles. The van der Waals surface area contributed by atoms with Crippen LogP contribution in [0.25, 0.3) is 0 Å². The average Bonchev–Trinajstić information content (AvgIpc) is 2.91. The van der Waals surface area contributed by atoms with Crippen LogP contribution in [0.4, 0.5) is 23.7 Å². The van der Waals surface area contributed by atoms with Gasteiger partial charge in [0.2, 0.25) is 0 Å². The van der Waals surface area contributed by atoms with Crippen LogP contribution in [-0.2, 0) is 6.18 Å². The zero-order valence-electron chi connectivity index (χ0n) is 11.5. The summed E-state index contributed by atoms with van der Waals surface area (Å²) >= 11 is 0. The van der Waals surface area contributed by atoms with Gasteiger partial charge in [-0.25, -0.2) is 4.79 Å². The van der Waals surface area contributed by atoms with E-state index in [9.17, 15) is 18.0 Å². The number of hydrogen-bond acceptors (Lipinski definition) is 2. The quantitative estimate of drug-likeness (QED) is 0.801. The van der Waals surface area contributed by atoms with Gasteiger partial charge in [0.15, 0.2) is 0 Å². The molecule has 3 N–H and O–H groups in total. The molecule has 0 bridgehead atoms. The van der Waals surface area contributed by atoms with E-state index in [2.05, 4.69) is 16.0 Å². The van der Waals surface area contributed by atoms with Crippen LogP contribution in [0.1, 0.15) is 18.4 Å². The molecule has 1 aliphatic heterocycles. The minimum Gasteiger partial charge on any atom is -0.338 e. The van der Waals surface area contributed by atoms with E-state index >= 15 is 0 Å². The highest BCUT2D eigenvalue weighted by Crippen LogP contribution is 2.29. The van der Waals surface area contributed by atoms with Crippen molar-refractivity contribution < 1.29 is 18.0 Å². The highest BCUT2D eigenvalue weighted by Gasteiger charge is 2.29. The Kier molecular flexibility index (Phi) is 5.06. The van der Waals surface area contributed by atoms with Gasteiger partial charge in [0.05, 0.1) is 5.56 Å². The molecule has 116 valence electrons. The van der Waals surface area contributed by atoms with Crippen molar-refractivity contribution in [2.45, 2.75) is 19.0 Å². The number of hydrogen-bond donors (Lipinski definition) is 3. The van der Waals surface area contributed by atoms with Gasteiger partial charge in [-0.1, -0.05) is 0 Å². The largest absolute Gasteiger partial charge is 0.416 e. The third kappa shape index (κ3) is 4.93. The minimum atomic E-state index is -4.36. The van der Waals surface area contributed by atoms with Crippen LogP contribution in [0.15, 0.2) is 24.3 Å². The van der Waals surface area contributed by atoms with Gasteiger partial charge >= 0.3 is 12.2 Å². The topological polar surface area (TPSA) is 53.2 Å². The standard InChI is InChI=1S/C14H18F3N3O/c15-14(16,17)11-1-3-12(4-2-11)20-13(21)19-8-6-10-5-7-18-9-10/h1-4,10,18H,5-9H2,(H2,19,20,21). The van der Waals surface area contributed by atoms with Crippen molar-refractivity contribution in [1.82, 2.24) is 10.6 Å². The highest BCUT2D eigenvalue weighted by molar-refractivity contribution is 5.89. The second-order valence-electron chi connectivity index (χ2n) is 5.10. The maximum absolute atomic E-state index is 12.4. The summed E-state index contributed by atoms with van der Waals surface area (Å²) in [5.74, 6) is 0.580. The molecule has 2 rings (SSSR count). The number of carbonyl (C=O) groups is 1. The molecular weight excluding hydrogens is 283 g/mol. The Morgan fingerprint density at radius 2 is 2.00 bits per heavy atom. The first kappa shape index (κ1) is 15.6. The van der Waals surface area contributed by atoms with Gasteiger partial charge in [-0.05, 0) is 56.1 Å². The maximum Gasteiger partial charge on any atom is 0.416 e. The predicted molar refractivity (Wildman–Crippen MR) is 74.1 cm³/mol. The normalized spacial score (nSPS) is 18.5. The molecule has 1 saturated heterocycles. The van der Waals surface area contributed by atoms with Gasteiger partial charge in [-0.15, -0.1) is 0 Å². The minimum absolute atomic E-state index is 0.336. The summed E-state index contributed by atoms with van der Waals surface area (Å²) in [5.41, 5.74) is -0.398. The van der Waals surface area contributed by atoms with Gasteiger partial charge in [-0.2, -0.15) is 13.2 Å². The second kappa shape index (κ2) is 6.80. The number of amides is 2. The molecule has 4 nitrogen and oxygen atoms in total. The van der Waals surface area contributed by atoms with E-state index in [0.29, 0.717) is 18.2 Å². The van der Waals surface area contributed by atoms with E-state index in [4.69, 9.17) is 0 Å². The number of anilines is 1. The summed E-state index contributed by atoms with van der Waals surface area (Å²) in [4.78, 5) is 11.6. The van der Waals surface area contributed by atoms with Crippen LogP contribution in [0.5, 0.6) is 0 Å². The fourth-order valence-corrected chi connectivity index (χ4v) is 2.27. The van der Waals surface area contributed by atoms with Crippen molar-refractivity contribution >= 4 is 11.7 Å². The van der Waals surface area contributed by atoms with Crippen LogP contribution >= 0.6 is 0 Å². The second-order valence-corrected chi connectivity index (χ2v) is 5.10. The first-order valence-electron chi connectivity index (χ1n) is 6.88. The van der Waals surface area contributed by atoms with E-state index < -0.39 is 17.8 Å². The lowest BCUT2D eigenvalue weighted by atomic mass is 10.1. The van der Waals surface area contributed by atoms with Gasteiger partial charge in [0.1, 0.15) is 0 Å². The number of nitrogens with one attached hydrogen (secondary N) is 3. The molecule has 2 amide bonds. The number of benzene rings is 1. The summed E-state index contributed by atoms with van der Waals surface area (Å²) in [7, 11) is 0. The Morgan fingerprint density at radius 3 is 2.57 bits per heavy atom. The Morgan fingerprint density at radius 1 is 1.29 bits per heavy atom. The Bertz CT molecular complexity index is 467. The monoisotopic (exact) mass is 301 g/mol.